The molecule has 1 aliphatic heterocycles. The van der Waals surface area contributed by atoms with Crippen LogP contribution in [0.15, 0.2) is 23.1 Å². The van der Waals surface area contributed by atoms with E-state index in [-0.39, 0.29) is 46.7 Å². The van der Waals surface area contributed by atoms with E-state index in [0.717, 1.165) is 30.5 Å². The van der Waals surface area contributed by atoms with Gasteiger partial charge in [-0.2, -0.15) is 0 Å². The Morgan fingerprint density at radius 3 is 2.38 bits per heavy atom. The summed E-state index contributed by atoms with van der Waals surface area (Å²) in [6.45, 7) is 5.15. The molecule has 0 aromatic heterocycles. The van der Waals surface area contributed by atoms with Crippen LogP contribution in [0.3, 0.4) is 0 Å². The monoisotopic (exact) mass is 446 g/mol. The molecule has 0 spiro atoms. The van der Waals surface area contributed by atoms with Crippen molar-refractivity contribution >= 4 is 58.0 Å². The summed E-state index contributed by atoms with van der Waals surface area (Å²) in [5.74, 6) is -0.174. The van der Waals surface area contributed by atoms with Crippen LogP contribution in [0.25, 0.3) is 0 Å². The van der Waals surface area contributed by atoms with Crippen LogP contribution in [0, 0.1) is 0 Å². The fourth-order valence-electron chi connectivity index (χ4n) is 2.46. The van der Waals surface area contributed by atoms with E-state index in [1.54, 1.807) is 6.07 Å². The fourth-order valence-corrected chi connectivity index (χ4v) is 3.85. The Kier molecular flexibility index (Phi) is 10.4. The van der Waals surface area contributed by atoms with Crippen molar-refractivity contribution in [1.82, 2.24) is 14.5 Å². The first-order valence-corrected chi connectivity index (χ1v) is 9.53. The average molecular weight is 448 g/mol. The maximum atomic E-state index is 12.4. The predicted octanol–water partition coefficient (Wildman–Crippen LogP) is 1.67. The zero-order valence-electron chi connectivity index (χ0n) is 14.9. The maximum Gasteiger partial charge on any atom is 0.244 e. The van der Waals surface area contributed by atoms with Crippen LogP contribution in [0.4, 0.5) is 5.69 Å². The summed E-state index contributed by atoms with van der Waals surface area (Å²) in [7, 11) is -0.807. The highest BCUT2D eigenvalue weighted by molar-refractivity contribution is 7.89. The van der Waals surface area contributed by atoms with E-state index >= 15 is 0 Å². The summed E-state index contributed by atoms with van der Waals surface area (Å²) in [6, 6.07) is 4.17. The molecule has 0 radical (unpaired) electrons. The molecule has 1 aromatic rings. The second-order valence-corrected chi connectivity index (χ2v) is 8.41. The number of anilines is 1. The Hall–Kier alpha value is -0.610. The molecule has 150 valence electrons. The Labute approximate surface area is 172 Å². The number of hydrogen-bond acceptors (Lipinski definition) is 5. The standard InChI is InChI=1S/C15H23ClN4O3S.2ClH/c1-11(20-8-6-17-7-9-20)15(21)18-12-4-5-13(16)14(10-12)24(22,23)19(2)3;;/h4-5,10-11,17H,6-9H2,1-3H3,(H,18,21);2*1H. The number of hydrogen-bond donors (Lipinski definition) is 2. The SMILES string of the molecule is CC(C(=O)Nc1ccc(Cl)c(S(=O)(=O)N(C)C)c1)N1CCNCC1.Cl.Cl. The van der Waals surface area contributed by atoms with E-state index in [0.29, 0.717) is 5.69 Å². The number of piperazine rings is 1. The molecular weight excluding hydrogens is 423 g/mol. The average Bonchev–Trinajstić information content (AvgIpc) is 2.56. The molecule has 7 nitrogen and oxygen atoms in total. The summed E-state index contributed by atoms with van der Waals surface area (Å²) >= 11 is 6.01. The minimum absolute atomic E-state index is 0. The molecule has 1 saturated heterocycles. The molecule has 1 fully saturated rings. The molecule has 0 aliphatic carbocycles. The van der Waals surface area contributed by atoms with Crippen LogP contribution in [-0.2, 0) is 14.8 Å². The fraction of sp³-hybridized carbons (Fsp3) is 0.533. The highest BCUT2D eigenvalue weighted by Crippen LogP contribution is 2.27. The third kappa shape index (κ3) is 5.95. The van der Waals surface area contributed by atoms with Gasteiger partial charge in [0.1, 0.15) is 4.90 Å². The van der Waals surface area contributed by atoms with Gasteiger partial charge in [0.15, 0.2) is 0 Å². The van der Waals surface area contributed by atoms with Crippen molar-refractivity contribution < 1.29 is 13.2 Å². The van der Waals surface area contributed by atoms with Crippen LogP contribution < -0.4 is 10.6 Å². The molecule has 1 heterocycles. The molecule has 1 unspecified atom stereocenters. The normalized spacial score (nSPS) is 16.3. The van der Waals surface area contributed by atoms with Gasteiger partial charge in [0.05, 0.1) is 11.1 Å². The molecule has 0 bridgehead atoms. The Morgan fingerprint density at radius 2 is 1.85 bits per heavy atom. The van der Waals surface area contributed by atoms with Gasteiger partial charge in [-0.15, -0.1) is 24.8 Å². The molecule has 0 saturated carbocycles. The van der Waals surface area contributed by atoms with Crippen molar-refractivity contribution in [3.63, 3.8) is 0 Å². The van der Waals surface area contributed by atoms with Crippen molar-refractivity contribution in [3.8, 4) is 0 Å². The summed E-state index contributed by atoms with van der Waals surface area (Å²) in [6.07, 6.45) is 0. The number of benzene rings is 1. The van der Waals surface area contributed by atoms with Gasteiger partial charge in [-0.1, -0.05) is 11.6 Å². The second-order valence-electron chi connectivity index (χ2n) is 5.88. The largest absolute Gasteiger partial charge is 0.325 e. The van der Waals surface area contributed by atoms with Crippen molar-refractivity contribution in [2.75, 3.05) is 45.6 Å². The van der Waals surface area contributed by atoms with Gasteiger partial charge in [0.2, 0.25) is 15.9 Å². The topological polar surface area (TPSA) is 81.8 Å². The maximum absolute atomic E-state index is 12.4. The Morgan fingerprint density at radius 1 is 1.27 bits per heavy atom. The Balaban J connectivity index is 0.00000312. The van der Waals surface area contributed by atoms with Gasteiger partial charge in [-0.05, 0) is 25.1 Å². The highest BCUT2D eigenvalue weighted by Gasteiger charge is 2.24. The zero-order valence-corrected chi connectivity index (χ0v) is 18.1. The van der Waals surface area contributed by atoms with Crippen LogP contribution >= 0.6 is 36.4 Å². The first kappa shape index (κ1) is 25.4. The van der Waals surface area contributed by atoms with Crippen LogP contribution in [0.5, 0.6) is 0 Å². The van der Waals surface area contributed by atoms with Gasteiger partial charge in [0, 0.05) is 46.0 Å². The van der Waals surface area contributed by atoms with E-state index in [4.69, 9.17) is 11.6 Å². The number of amides is 1. The van der Waals surface area contributed by atoms with Crippen molar-refractivity contribution in [3.05, 3.63) is 23.2 Å². The molecule has 11 heteroatoms. The van der Waals surface area contributed by atoms with Gasteiger partial charge < -0.3 is 10.6 Å². The molecule has 2 rings (SSSR count). The molecule has 1 atom stereocenters. The number of halogens is 3. The summed E-state index contributed by atoms with van der Waals surface area (Å²) < 4.78 is 25.7. The van der Waals surface area contributed by atoms with Crippen LogP contribution in [0.2, 0.25) is 5.02 Å². The van der Waals surface area contributed by atoms with Crippen molar-refractivity contribution in [2.24, 2.45) is 0 Å². The van der Waals surface area contributed by atoms with E-state index in [1.165, 1.54) is 26.2 Å². The Bertz CT molecular complexity index is 710. The van der Waals surface area contributed by atoms with E-state index in [9.17, 15) is 13.2 Å². The van der Waals surface area contributed by atoms with E-state index in [2.05, 4.69) is 15.5 Å². The summed E-state index contributed by atoms with van der Waals surface area (Å²) in [5.41, 5.74) is 0.409. The molecule has 26 heavy (non-hydrogen) atoms. The lowest BCUT2D eigenvalue weighted by atomic mass is 10.2. The van der Waals surface area contributed by atoms with Crippen LogP contribution in [-0.4, -0.2) is 69.8 Å². The minimum atomic E-state index is -3.68. The van der Waals surface area contributed by atoms with Crippen molar-refractivity contribution in [1.29, 1.82) is 0 Å². The lowest BCUT2D eigenvalue weighted by Crippen LogP contribution is -2.51. The lowest BCUT2D eigenvalue weighted by molar-refractivity contribution is -0.120. The summed E-state index contributed by atoms with van der Waals surface area (Å²) in [4.78, 5) is 14.5. The summed E-state index contributed by atoms with van der Waals surface area (Å²) in [5, 5.41) is 6.14. The third-order valence-electron chi connectivity index (χ3n) is 4.04. The van der Waals surface area contributed by atoms with Crippen molar-refractivity contribution in [2.45, 2.75) is 17.9 Å². The predicted molar refractivity (Wildman–Crippen MR) is 109 cm³/mol. The lowest BCUT2D eigenvalue weighted by Gasteiger charge is -2.31. The number of sulfonamides is 1. The van der Waals surface area contributed by atoms with E-state index < -0.39 is 10.0 Å². The number of nitrogens with one attached hydrogen (secondary N) is 2. The minimum Gasteiger partial charge on any atom is -0.325 e. The number of nitrogens with zero attached hydrogens (tertiary/aromatic N) is 2. The van der Waals surface area contributed by atoms with Gasteiger partial charge in [-0.25, -0.2) is 12.7 Å². The number of carbonyl (C=O) groups excluding carboxylic acids is 1. The second kappa shape index (κ2) is 10.7. The molecule has 1 aromatic carbocycles. The molecule has 2 N–H and O–H groups in total. The molecule has 1 amide bonds. The van der Waals surface area contributed by atoms with E-state index in [1.807, 2.05) is 6.92 Å². The third-order valence-corrected chi connectivity index (χ3v) is 6.33. The van der Waals surface area contributed by atoms with Gasteiger partial charge in [0.25, 0.3) is 0 Å². The first-order chi connectivity index (χ1) is 11.2. The number of carbonyl (C=O) groups is 1. The number of rotatable bonds is 5. The van der Waals surface area contributed by atoms with Crippen LogP contribution in [0.1, 0.15) is 6.92 Å². The quantitative estimate of drug-likeness (QED) is 0.717. The smallest absolute Gasteiger partial charge is 0.244 e. The van der Waals surface area contributed by atoms with Gasteiger partial charge in [-0.3, -0.25) is 9.69 Å². The zero-order chi connectivity index (χ0) is 17.9. The first-order valence-electron chi connectivity index (χ1n) is 7.71. The molecule has 1 aliphatic rings. The van der Waals surface area contributed by atoms with Gasteiger partial charge >= 0.3 is 0 Å². The molecular formula is C15H25Cl3N4O3S. The highest BCUT2D eigenvalue weighted by atomic mass is 35.5.